The third-order valence-corrected chi connectivity index (χ3v) is 2.25. The van der Waals surface area contributed by atoms with Gasteiger partial charge in [0.15, 0.2) is 0 Å². The van der Waals surface area contributed by atoms with Gasteiger partial charge in [0.2, 0.25) is 0 Å². The zero-order valence-corrected chi connectivity index (χ0v) is 9.13. The predicted octanol–water partition coefficient (Wildman–Crippen LogP) is 2.09. The highest BCUT2D eigenvalue weighted by molar-refractivity contribution is 5.99. The van der Waals surface area contributed by atoms with Gasteiger partial charge in [-0.25, -0.2) is 0 Å². The standard InChI is InChI=1S/C11H18O3/c1-11(2,3)14-10(13)8-6-4-5-7-9(8)12/h8H,4-7H2,1-3H3/t8-/m0/s1. The topological polar surface area (TPSA) is 43.4 Å². The van der Waals surface area contributed by atoms with Crippen molar-refractivity contribution in [3.8, 4) is 0 Å². The first kappa shape index (κ1) is 11.2. The Balaban J connectivity index is 2.55. The molecular formula is C11H18O3. The van der Waals surface area contributed by atoms with E-state index in [2.05, 4.69) is 0 Å². The van der Waals surface area contributed by atoms with E-state index in [1.54, 1.807) is 0 Å². The Morgan fingerprint density at radius 2 is 2.00 bits per heavy atom. The molecule has 0 N–H and O–H groups in total. The molecule has 0 radical (unpaired) electrons. The maximum atomic E-state index is 11.6. The maximum Gasteiger partial charge on any atom is 0.316 e. The second-order valence-corrected chi connectivity index (χ2v) is 4.80. The average Bonchev–Trinajstić information content (AvgIpc) is 2.01. The molecule has 0 spiro atoms. The highest BCUT2D eigenvalue weighted by Crippen LogP contribution is 2.23. The average molecular weight is 198 g/mol. The molecule has 0 bridgehead atoms. The molecule has 0 heterocycles. The van der Waals surface area contributed by atoms with Crippen LogP contribution < -0.4 is 0 Å². The van der Waals surface area contributed by atoms with E-state index < -0.39 is 11.5 Å². The lowest BCUT2D eigenvalue weighted by Gasteiger charge is -2.25. The summed E-state index contributed by atoms with van der Waals surface area (Å²) < 4.78 is 5.19. The Morgan fingerprint density at radius 1 is 1.36 bits per heavy atom. The van der Waals surface area contributed by atoms with Crippen molar-refractivity contribution < 1.29 is 14.3 Å². The molecule has 1 aliphatic rings. The van der Waals surface area contributed by atoms with Crippen molar-refractivity contribution in [1.82, 2.24) is 0 Å². The maximum absolute atomic E-state index is 11.6. The quantitative estimate of drug-likeness (QED) is 0.478. The van der Waals surface area contributed by atoms with Gasteiger partial charge in [-0.15, -0.1) is 0 Å². The van der Waals surface area contributed by atoms with E-state index >= 15 is 0 Å². The Labute approximate surface area is 84.8 Å². The van der Waals surface area contributed by atoms with Gasteiger partial charge in [-0.2, -0.15) is 0 Å². The summed E-state index contributed by atoms with van der Waals surface area (Å²) in [6.45, 7) is 5.45. The monoisotopic (exact) mass is 198 g/mol. The van der Waals surface area contributed by atoms with Gasteiger partial charge in [0.1, 0.15) is 17.3 Å². The number of ether oxygens (including phenoxy) is 1. The minimum absolute atomic E-state index is 0.0468. The van der Waals surface area contributed by atoms with Gasteiger partial charge in [0.05, 0.1) is 0 Å². The zero-order chi connectivity index (χ0) is 10.8. The first-order valence-electron chi connectivity index (χ1n) is 5.16. The summed E-state index contributed by atoms with van der Waals surface area (Å²) in [7, 11) is 0. The van der Waals surface area contributed by atoms with Crippen LogP contribution in [0.25, 0.3) is 0 Å². The van der Waals surface area contributed by atoms with Crippen LogP contribution in [0.3, 0.4) is 0 Å². The first-order chi connectivity index (χ1) is 6.40. The molecule has 0 aromatic heterocycles. The van der Waals surface area contributed by atoms with Gasteiger partial charge in [0.25, 0.3) is 0 Å². The largest absolute Gasteiger partial charge is 0.459 e. The molecule has 1 aliphatic carbocycles. The highest BCUT2D eigenvalue weighted by Gasteiger charge is 2.32. The van der Waals surface area contributed by atoms with Crippen LogP contribution in [-0.4, -0.2) is 17.4 Å². The van der Waals surface area contributed by atoms with Crippen molar-refractivity contribution in [1.29, 1.82) is 0 Å². The third-order valence-electron chi connectivity index (χ3n) is 2.25. The predicted molar refractivity (Wildman–Crippen MR) is 52.8 cm³/mol. The molecule has 80 valence electrons. The molecule has 0 unspecified atom stereocenters. The van der Waals surface area contributed by atoms with Crippen LogP contribution >= 0.6 is 0 Å². The summed E-state index contributed by atoms with van der Waals surface area (Å²) in [5.41, 5.74) is -0.491. The number of hydrogen-bond acceptors (Lipinski definition) is 3. The SMILES string of the molecule is CC(C)(C)OC(=O)[C@H]1CCCCC1=O. The van der Waals surface area contributed by atoms with E-state index in [1.165, 1.54) is 0 Å². The number of carbonyl (C=O) groups excluding carboxylic acids is 2. The van der Waals surface area contributed by atoms with E-state index in [9.17, 15) is 9.59 Å². The van der Waals surface area contributed by atoms with Crippen molar-refractivity contribution >= 4 is 11.8 Å². The van der Waals surface area contributed by atoms with E-state index in [1.807, 2.05) is 20.8 Å². The van der Waals surface area contributed by atoms with E-state index in [-0.39, 0.29) is 11.8 Å². The van der Waals surface area contributed by atoms with Crippen LogP contribution in [-0.2, 0) is 14.3 Å². The minimum Gasteiger partial charge on any atom is -0.459 e. The van der Waals surface area contributed by atoms with Gasteiger partial charge >= 0.3 is 5.97 Å². The number of esters is 1. The fourth-order valence-electron chi connectivity index (χ4n) is 1.61. The van der Waals surface area contributed by atoms with Crippen LogP contribution in [0.1, 0.15) is 46.5 Å². The second-order valence-electron chi connectivity index (χ2n) is 4.80. The van der Waals surface area contributed by atoms with Gasteiger partial charge in [-0.1, -0.05) is 6.42 Å². The number of rotatable bonds is 1. The minimum atomic E-state index is -0.497. The molecule has 1 rings (SSSR count). The summed E-state index contributed by atoms with van der Waals surface area (Å²) in [5.74, 6) is -0.796. The molecular weight excluding hydrogens is 180 g/mol. The lowest BCUT2D eigenvalue weighted by molar-refractivity contribution is -0.163. The molecule has 0 saturated heterocycles. The fourth-order valence-corrected chi connectivity index (χ4v) is 1.61. The van der Waals surface area contributed by atoms with Crippen molar-refractivity contribution in [2.45, 2.75) is 52.1 Å². The molecule has 14 heavy (non-hydrogen) atoms. The Hall–Kier alpha value is -0.860. The lowest BCUT2D eigenvalue weighted by atomic mass is 9.88. The third kappa shape index (κ3) is 3.13. The highest BCUT2D eigenvalue weighted by atomic mass is 16.6. The second kappa shape index (κ2) is 4.11. The van der Waals surface area contributed by atoms with Gasteiger partial charge in [-0.05, 0) is 33.6 Å². The van der Waals surface area contributed by atoms with E-state index in [4.69, 9.17) is 4.74 Å². The summed E-state index contributed by atoms with van der Waals surface area (Å²) in [6, 6.07) is 0. The van der Waals surface area contributed by atoms with Gasteiger partial charge < -0.3 is 4.74 Å². The van der Waals surface area contributed by atoms with Crippen LogP contribution in [0.5, 0.6) is 0 Å². The summed E-state index contributed by atoms with van der Waals surface area (Å²) >= 11 is 0. The molecule has 0 aliphatic heterocycles. The van der Waals surface area contributed by atoms with Crippen molar-refractivity contribution in [2.75, 3.05) is 0 Å². The Bertz CT molecular complexity index is 237. The molecule has 1 fully saturated rings. The van der Waals surface area contributed by atoms with Gasteiger partial charge in [-0.3, -0.25) is 9.59 Å². The Morgan fingerprint density at radius 3 is 2.50 bits per heavy atom. The summed E-state index contributed by atoms with van der Waals surface area (Å²) in [4.78, 5) is 23.0. The van der Waals surface area contributed by atoms with Crippen LogP contribution in [0.15, 0.2) is 0 Å². The smallest absolute Gasteiger partial charge is 0.316 e. The number of Topliss-reactive ketones (excluding diaryl/α,β-unsaturated/α-hetero) is 1. The summed E-state index contributed by atoms with van der Waals surface area (Å²) in [5, 5.41) is 0. The molecule has 1 saturated carbocycles. The normalized spacial score (nSPS) is 23.4. The van der Waals surface area contributed by atoms with Crippen LogP contribution in [0, 0.1) is 5.92 Å². The molecule has 0 aromatic carbocycles. The number of hydrogen-bond donors (Lipinski definition) is 0. The van der Waals surface area contributed by atoms with Crippen LogP contribution in [0.4, 0.5) is 0 Å². The molecule has 0 amide bonds. The molecule has 3 heteroatoms. The molecule has 0 aromatic rings. The number of ketones is 1. The molecule has 3 nitrogen and oxygen atoms in total. The molecule has 1 atom stereocenters. The fraction of sp³-hybridized carbons (Fsp3) is 0.818. The zero-order valence-electron chi connectivity index (χ0n) is 9.13. The van der Waals surface area contributed by atoms with Crippen LogP contribution in [0.2, 0.25) is 0 Å². The van der Waals surface area contributed by atoms with Crippen molar-refractivity contribution in [3.05, 3.63) is 0 Å². The van der Waals surface area contributed by atoms with E-state index in [0.717, 1.165) is 12.8 Å². The number of carbonyl (C=O) groups is 2. The Kier molecular flexibility index (Phi) is 3.29. The lowest BCUT2D eigenvalue weighted by Crippen LogP contribution is -2.34. The first-order valence-corrected chi connectivity index (χ1v) is 5.16. The van der Waals surface area contributed by atoms with Gasteiger partial charge in [0, 0.05) is 6.42 Å². The van der Waals surface area contributed by atoms with Crippen molar-refractivity contribution in [3.63, 3.8) is 0 Å². The summed E-state index contributed by atoms with van der Waals surface area (Å²) in [6.07, 6.45) is 3.06. The van der Waals surface area contributed by atoms with Crippen molar-refractivity contribution in [2.24, 2.45) is 5.92 Å². The van der Waals surface area contributed by atoms with E-state index in [0.29, 0.717) is 12.8 Å².